The number of phenolic OH excluding ortho intramolecular Hbond substituents is 1. The van der Waals surface area contributed by atoms with Gasteiger partial charge in [-0.1, -0.05) is 40.9 Å². The van der Waals surface area contributed by atoms with E-state index >= 15 is 0 Å². The number of hydrogen-bond donors (Lipinski definition) is 2. The van der Waals surface area contributed by atoms with E-state index in [9.17, 15) is 5.11 Å². The molecule has 68 valence electrons. The van der Waals surface area contributed by atoms with Crippen molar-refractivity contribution in [2.24, 2.45) is 0 Å². The van der Waals surface area contributed by atoms with Crippen molar-refractivity contribution in [3.63, 3.8) is 0 Å². The fraction of sp³-hybridized carbons (Fsp3) is 0.143. The number of alkyl halides is 3. The molecule has 0 saturated heterocycles. The van der Waals surface area contributed by atoms with Crippen LogP contribution < -0.4 is 29.6 Å². The topological polar surface area (TPSA) is 20.2 Å². The van der Waals surface area contributed by atoms with E-state index in [0.717, 1.165) is 0 Å². The van der Waals surface area contributed by atoms with Crippen molar-refractivity contribution in [3.8, 4) is 5.75 Å². The predicted octanol–water partition coefficient (Wildman–Crippen LogP) is 0.624. The summed E-state index contributed by atoms with van der Waals surface area (Å²) in [6.07, 6.45) is 0. The van der Waals surface area contributed by atoms with Crippen LogP contribution in [0.5, 0.6) is 5.75 Å². The Bertz CT molecular complexity index is 305. The first-order valence-electron chi connectivity index (χ1n) is 3.00. The zero-order valence-electron chi connectivity index (χ0n) is 7.76. The maximum absolute atomic E-state index is 9.21. The molecular formula is C7H6Cl3NaOS. The average Bonchev–Trinajstić information content (AvgIpc) is 1.92. The minimum Gasteiger partial charge on any atom is -1.00 e. The van der Waals surface area contributed by atoms with Crippen LogP contribution in [0.15, 0.2) is 23.1 Å². The largest absolute Gasteiger partial charge is 1.00 e. The molecule has 0 spiro atoms. The van der Waals surface area contributed by atoms with Gasteiger partial charge in [0.2, 0.25) is 3.79 Å². The number of hydrogen-bond acceptors (Lipinski definition) is 2. The molecule has 13 heavy (non-hydrogen) atoms. The average molecular weight is 268 g/mol. The van der Waals surface area contributed by atoms with Crippen LogP contribution >= 0.6 is 47.4 Å². The van der Waals surface area contributed by atoms with E-state index in [1.54, 1.807) is 12.1 Å². The Morgan fingerprint density at radius 1 is 1.31 bits per heavy atom. The van der Waals surface area contributed by atoms with Gasteiger partial charge in [-0.05, 0) is 12.1 Å². The Morgan fingerprint density at radius 2 is 1.85 bits per heavy atom. The smallest absolute Gasteiger partial charge is 1.00 e. The van der Waals surface area contributed by atoms with Gasteiger partial charge in [0.25, 0.3) is 0 Å². The number of halogens is 3. The van der Waals surface area contributed by atoms with Crippen molar-refractivity contribution in [1.82, 2.24) is 0 Å². The van der Waals surface area contributed by atoms with E-state index < -0.39 is 3.79 Å². The second-order valence-corrected chi connectivity index (χ2v) is 4.96. The SMILES string of the molecule is Oc1cc(C(Cl)(Cl)Cl)ccc1S.[H-].[Na+]. The molecular weight excluding hydrogens is 261 g/mol. The van der Waals surface area contributed by atoms with Gasteiger partial charge in [-0.3, -0.25) is 0 Å². The zero-order chi connectivity index (χ0) is 9.35. The monoisotopic (exact) mass is 266 g/mol. The van der Waals surface area contributed by atoms with Gasteiger partial charge in [0.15, 0.2) is 0 Å². The van der Waals surface area contributed by atoms with Gasteiger partial charge in [0.05, 0.1) is 0 Å². The summed E-state index contributed by atoms with van der Waals surface area (Å²) in [6.45, 7) is 0. The Balaban J connectivity index is 0. The van der Waals surface area contributed by atoms with Crippen molar-refractivity contribution in [2.75, 3.05) is 0 Å². The summed E-state index contributed by atoms with van der Waals surface area (Å²) in [7, 11) is 0. The van der Waals surface area contributed by atoms with E-state index in [-0.39, 0.29) is 36.7 Å². The van der Waals surface area contributed by atoms with E-state index in [1.165, 1.54) is 6.07 Å². The number of benzene rings is 1. The molecule has 0 radical (unpaired) electrons. The Kier molecular flexibility index (Phi) is 5.87. The summed E-state index contributed by atoms with van der Waals surface area (Å²) >= 11 is 20.7. The van der Waals surface area contributed by atoms with Gasteiger partial charge < -0.3 is 6.53 Å². The molecule has 0 bridgehead atoms. The molecule has 0 aromatic heterocycles. The van der Waals surface area contributed by atoms with Gasteiger partial charge in [-0.15, -0.1) is 12.6 Å². The van der Waals surface area contributed by atoms with Crippen LogP contribution in [0.25, 0.3) is 0 Å². The Morgan fingerprint density at radius 3 is 2.23 bits per heavy atom. The third-order valence-corrected chi connectivity index (χ3v) is 2.34. The van der Waals surface area contributed by atoms with E-state index in [2.05, 4.69) is 12.6 Å². The van der Waals surface area contributed by atoms with Crippen LogP contribution in [-0.4, -0.2) is 5.11 Å². The summed E-state index contributed by atoms with van der Waals surface area (Å²) in [6, 6.07) is 4.53. The molecule has 0 fully saturated rings. The summed E-state index contributed by atoms with van der Waals surface area (Å²) < 4.78 is -1.50. The molecule has 0 atom stereocenters. The molecule has 0 aliphatic carbocycles. The first-order chi connectivity index (χ1) is 5.41. The first kappa shape index (κ1) is 14.2. The minimum absolute atomic E-state index is 0. The number of aromatic hydroxyl groups is 1. The molecule has 0 heterocycles. The molecule has 0 unspecified atom stereocenters. The van der Waals surface area contributed by atoms with Crippen LogP contribution in [0.2, 0.25) is 0 Å². The van der Waals surface area contributed by atoms with Gasteiger partial charge >= 0.3 is 29.6 Å². The first-order valence-corrected chi connectivity index (χ1v) is 4.58. The summed E-state index contributed by atoms with van der Waals surface area (Å²) in [5.74, 6) is 0.00200. The molecule has 0 amide bonds. The van der Waals surface area contributed by atoms with Gasteiger partial charge in [-0.25, -0.2) is 0 Å². The fourth-order valence-electron chi connectivity index (χ4n) is 0.700. The molecule has 0 aliphatic heterocycles. The van der Waals surface area contributed by atoms with Crippen LogP contribution in [0.1, 0.15) is 6.99 Å². The van der Waals surface area contributed by atoms with Crippen molar-refractivity contribution < 1.29 is 36.1 Å². The molecule has 1 nitrogen and oxygen atoms in total. The van der Waals surface area contributed by atoms with Gasteiger partial charge in [-0.2, -0.15) is 0 Å². The second-order valence-electron chi connectivity index (χ2n) is 2.20. The summed E-state index contributed by atoms with van der Waals surface area (Å²) in [4.78, 5) is 0.452. The third-order valence-electron chi connectivity index (χ3n) is 1.30. The van der Waals surface area contributed by atoms with Crippen molar-refractivity contribution in [2.45, 2.75) is 8.69 Å². The van der Waals surface area contributed by atoms with Crippen molar-refractivity contribution >= 4 is 47.4 Å². The molecule has 6 heteroatoms. The molecule has 0 aliphatic rings. The van der Waals surface area contributed by atoms with Crippen molar-refractivity contribution in [3.05, 3.63) is 23.8 Å². The number of rotatable bonds is 0. The Hall–Kier alpha value is 1.24. The molecule has 1 rings (SSSR count). The maximum atomic E-state index is 9.21. The predicted molar refractivity (Wildman–Crippen MR) is 55.7 cm³/mol. The fourth-order valence-corrected chi connectivity index (χ4v) is 1.19. The van der Waals surface area contributed by atoms with Gasteiger partial charge in [0, 0.05) is 10.5 Å². The quantitative estimate of drug-likeness (QED) is 0.401. The number of thiol groups is 1. The maximum Gasteiger partial charge on any atom is 1.00 e. The molecule has 0 saturated carbocycles. The molecule has 1 N–H and O–H groups in total. The minimum atomic E-state index is -1.50. The van der Waals surface area contributed by atoms with Crippen LogP contribution in [0.4, 0.5) is 0 Å². The van der Waals surface area contributed by atoms with Crippen LogP contribution in [0, 0.1) is 0 Å². The number of phenols is 1. The standard InChI is InChI=1S/C7H5Cl3OS.Na.H/c8-7(9,10)4-1-2-6(12)5(11)3-4;;/h1-3,11-12H;;/q;+1;-1. The van der Waals surface area contributed by atoms with Crippen LogP contribution in [0.3, 0.4) is 0 Å². The van der Waals surface area contributed by atoms with Crippen molar-refractivity contribution in [1.29, 1.82) is 0 Å². The van der Waals surface area contributed by atoms with E-state index in [1.807, 2.05) is 0 Å². The van der Waals surface area contributed by atoms with E-state index in [4.69, 9.17) is 34.8 Å². The zero-order valence-corrected chi connectivity index (χ0v) is 11.9. The summed E-state index contributed by atoms with van der Waals surface area (Å²) in [5, 5.41) is 9.21. The van der Waals surface area contributed by atoms with E-state index in [0.29, 0.717) is 10.5 Å². The second kappa shape index (κ2) is 5.36. The molecule has 1 aromatic rings. The van der Waals surface area contributed by atoms with Crippen LogP contribution in [-0.2, 0) is 3.79 Å². The molecule has 1 aromatic carbocycles. The summed E-state index contributed by atoms with van der Waals surface area (Å²) in [5.41, 5.74) is 0.419. The third kappa shape index (κ3) is 4.08. The Labute approximate surface area is 121 Å². The normalized spacial score (nSPS) is 10.8. The van der Waals surface area contributed by atoms with Gasteiger partial charge in [0.1, 0.15) is 5.75 Å².